The molecule has 3 heteroatoms. The SMILES string of the molecule is O=C(O)O.c1ccc(C(c2ccccc2)c2ccccc2)cc1. The first-order chi connectivity index (χ1) is 11.2. The second-order valence-corrected chi connectivity index (χ2v) is 4.95. The third-order valence-corrected chi connectivity index (χ3v) is 3.40. The minimum atomic E-state index is -1.83. The number of hydrogen-bond acceptors (Lipinski definition) is 1. The number of rotatable bonds is 3. The van der Waals surface area contributed by atoms with Crippen molar-refractivity contribution in [2.45, 2.75) is 5.92 Å². The van der Waals surface area contributed by atoms with Gasteiger partial charge in [-0.05, 0) is 16.7 Å². The summed E-state index contributed by atoms with van der Waals surface area (Å²) < 4.78 is 0. The molecular weight excluding hydrogens is 288 g/mol. The summed E-state index contributed by atoms with van der Waals surface area (Å²) in [6, 6.07) is 32.0. The van der Waals surface area contributed by atoms with Gasteiger partial charge in [-0.25, -0.2) is 4.79 Å². The molecule has 0 saturated heterocycles. The van der Waals surface area contributed by atoms with E-state index in [2.05, 4.69) is 91.0 Å². The normalized spacial score (nSPS) is 9.78. The standard InChI is InChI=1S/C19H16.CH2O3/c1-4-10-16(11-5-1)19(17-12-6-2-7-13-17)18-14-8-3-9-15-18;2-1(3)4/h1-15,19H;(H2,2,3,4). The van der Waals surface area contributed by atoms with Crippen LogP contribution in [0.4, 0.5) is 4.79 Å². The first-order valence-corrected chi connectivity index (χ1v) is 7.25. The van der Waals surface area contributed by atoms with Crippen molar-refractivity contribution >= 4 is 6.16 Å². The molecule has 0 aromatic heterocycles. The highest BCUT2D eigenvalue weighted by Gasteiger charge is 2.15. The number of carbonyl (C=O) groups is 1. The highest BCUT2D eigenvalue weighted by molar-refractivity contribution is 5.53. The molecule has 0 spiro atoms. The molecule has 0 bridgehead atoms. The number of benzene rings is 3. The van der Waals surface area contributed by atoms with Gasteiger partial charge >= 0.3 is 6.16 Å². The average Bonchev–Trinajstić information content (AvgIpc) is 2.58. The van der Waals surface area contributed by atoms with Crippen LogP contribution in [0.1, 0.15) is 22.6 Å². The predicted molar refractivity (Wildman–Crippen MR) is 90.9 cm³/mol. The van der Waals surface area contributed by atoms with E-state index < -0.39 is 6.16 Å². The van der Waals surface area contributed by atoms with Crippen molar-refractivity contribution in [3.63, 3.8) is 0 Å². The Labute approximate surface area is 135 Å². The molecule has 0 heterocycles. The Hall–Kier alpha value is -3.07. The first kappa shape index (κ1) is 16.3. The number of carboxylic acid groups (broad SMARTS) is 2. The van der Waals surface area contributed by atoms with Crippen LogP contribution in [0.25, 0.3) is 0 Å². The van der Waals surface area contributed by atoms with Crippen molar-refractivity contribution in [1.29, 1.82) is 0 Å². The summed E-state index contributed by atoms with van der Waals surface area (Å²) in [6.45, 7) is 0. The Morgan fingerprint density at radius 3 is 1.00 bits per heavy atom. The average molecular weight is 306 g/mol. The predicted octanol–water partition coefficient (Wildman–Crippen LogP) is 5.09. The summed E-state index contributed by atoms with van der Waals surface area (Å²) in [6.07, 6.45) is -1.83. The molecule has 0 unspecified atom stereocenters. The molecule has 0 saturated carbocycles. The molecule has 3 rings (SSSR count). The zero-order valence-corrected chi connectivity index (χ0v) is 12.5. The Kier molecular flexibility index (Phi) is 5.95. The molecule has 0 amide bonds. The van der Waals surface area contributed by atoms with E-state index in [1.807, 2.05) is 0 Å². The van der Waals surface area contributed by atoms with Crippen LogP contribution in [0.2, 0.25) is 0 Å². The van der Waals surface area contributed by atoms with Crippen LogP contribution in [0.5, 0.6) is 0 Å². The van der Waals surface area contributed by atoms with E-state index in [-0.39, 0.29) is 0 Å². The van der Waals surface area contributed by atoms with Gasteiger partial charge in [-0.1, -0.05) is 91.0 Å². The zero-order chi connectivity index (χ0) is 16.5. The summed E-state index contributed by atoms with van der Waals surface area (Å²) in [7, 11) is 0. The molecule has 23 heavy (non-hydrogen) atoms. The second kappa shape index (κ2) is 8.39. The van der Waals surface area contributed by atoms with E-state index in [9.17, 15) is 0 Å². The fourth-order valence-electron chi connectivity index (χ4n) is 2.51. The van der Waals surface area contributed by atoms with Gasteiger partial charge < -0.3 is 10.2 Å². The van der Waals surface area contributed by atoms with Crippen molar-refractivity contribution in [1.82, 2.24) is 0 Å². The molecule has 0 aliphatic carbocycles. The molecule has 0 fully saturated rings. The molecule has 0 atom stereocenters. The van der Waals surface area contributed by atoms with Crippen molar-refractivity contribution in [2.75, 3.05) is 0 Å². The Morgan fingerprint density at radius 1 is 0.565 bits per heavy atom. The van der Waals surface area contributed by atoms with Gasteiger partial charge in [0, 0.05) is 5.92 Å². The van der Waals surface area contributed by atoms with Gasteiger partial charge in [-0.2, -0.15) is 0 Å². The summed E-state index contributed by atoms with van der Waals surface area (Å²) in [5, 5.41) is 13.9. The van der Waals surface area contributed by atoms with Gasteiger partial charge in [-0.15, -0.1) is 0 Å². The summed E-state index contributed by atoms with van der Waals surface area (Å²) in [5.41, 5.74) is 4.00. The molecule has 3 aromatic carbocycles. The van der Waals surface area contributed by atoms with Crippen LogP contribution in [-0.2, 0) is 0 Å². The van der Waals surface area contributed by atoms with Crippen LogP contribution < -0.4 is 0 Å². The summed E-state index contributed by atoms with van der Waals surface area (Å²) >= 11 is 0. The maximum absolute atomic E-state index is 8.56. The molecule has 3 aromatic rings. The van der Waals surface area contributed by atoms with E-state index in [1.165, 1.54) is 16.7 Å². The van der Waals surface area contributed by atoms with E-state index in [4.69, 9.17) is 15.0 Å². The van der Waals surface area contributed by atoms with Crippen molar-refractivity contribution in [3.05, 3.63) is 108 Å². The zero-order valence-electron chi connectivity index (χ0n) is 12.5. The van der Waals surface area contributed by atoms with E-state index in [0.717, 1.165) is 0 Å². The third kappa shape index (κ3) is 5.00. The molecule has 0 radical (unpaired) electrons. The van der Waals surface area contributed by atoms with Crippen LogP contribution in [0.15, 0.2) is 91.0 Å². The highest BCUT2D eigenvalue weighted by atomic mass is 16.6. The quantitative estimate of drug-likeness (QED) is 0.663. The fourth-order valence-corrected chi connectivity index (χ4v) is 2.51. The van der Waals surface area contributed by atoms with Crippen LogP contribution in [0.3, 0.4) is 0 Å². The fraction of sp³-hybridized carbons (Fsp3) is 0.0500. The third-order valence-electron chi connectivity index (χ3n) is 3.40. The lowest BCUT2D eigenvalue weighted by molar-refractivity contribution is 0.137. The lowest BCUT2D eigenvalue weighted by Gasteiger charge is -2.18. The van der Waals surface area contributed by atoms with E-state index in [0.29, 0.717) is 5.92 Å². The topological polar surface area (TPSA) is 57.5 Å². The largest absolute Gasteiger partial charge is 0.503 e. The van der Waals surface area contributed by atoms with Crippen molar-refractivity contribution < 1.29 is 15.0 Å². The van der Waals surface area contributed by atoms with Crippen LogP contribution in [-0.4, -0.2) is 16.4 Å². The van der Waals surface area contributed by atoms with Crippen LogP contribution in [0, 0.1) is 0 Å². The smallest absolute Gasteiger partial charge is 0.450 e. The Morgan fingerprint density at radius 2 is 0.783 bits per heavy atom. The van der Waals surface area contributed by atoms with Crippen LogP contribution >= 0.6 is 0 Å². The minimum absolute atomic E-state index is 0.309. The maximum atomic E-state index is 8.56. The van der Waals surface area contributed by atoms with Crippen molar-refractivity contribution in [3.8, 4) is 0 Å². The number of hydrogen-bond donors (Lipinski definition) is 2. The molecule has 116 valence electrons. The van der Waals surface area contributed by atoms with Gasteiger partial charge in [0.15, 0.2) is 0 Å². The second-order valence-electron chi connectivity index (χ2n) is 4.95. The minimum Gasteiger partial charge on any atom is -0.450 e. The summed E-state index contributed by atoms with van der Waals surface area (Å²) in [5.74, 6) is 0.309. The lowest BCUT2D eigenvalue weighted by Crippen LogP contribution is -2.02. The van der Waals surface area contributed by atoms with Crippen molar-refractivity contribution in [2.24, 2.45) is 0 Å². The van der Waals surface area contributed by atoms with Gasteiger partial charge in [0.2, 0.25) is 0 Å². The Bertz CT molecular complexity index is 612. The van der Waals surface area contributed by atoms with E-state index >= 15 is 0 Å². The monoisotopic (exact) mass is 306 g/mol. The summed E-state index contributed by atoms with van der Waals surface area (Å²) in [4.78, 5) is 8.56. The first-order valence-electron chi connectivity index (χ1n) is 7.25. The lowest BCUT2D eigenvalue weighted by atomic mass is 9.85. The van der Waals surface area contributed by atoms with E-state index in [1.54, 1.807) is 0 Å². The van der Waals surface area contributed by atoms with Gasteiger partial charge in [-0.3, -0.25) is 0 Å². The molecule has 2 N–H and O–H groups in total. The van der Waals surface area contributed by atoms with Gasteiger partial charge in [0.05, 0.1) is 0 Å². The highest BCUT2D eigenvalue weighted by Crippen LogP contribution is 2.31. The Balaban J connectivity index is 0.000000433. The van der Waals surface area contributed by atoms with Gasteiger partial charge in [0.25, 0.3) is 0 Å². The molecule has 0 aliphatic rings. The molecule has 0 aliphatic heterocycles. The van der Waals surface area contributed by atoms with Gasteiger partial charge in [0.1, 0.15) is 0 Å². The molecular formula is C20H18O3. The molecule has 3 nitrogen and oxygen atoms in total. The maximum Gasteiger partial charge on any atom is 0.503 e.